The molecule has 0 aliphatic heterocycles. The third kappa shape index (κ3) is 8.86. The van der Waals surface area contributed by atoms with Crippen LogP contribution in [0.15, 0.2) is 0 Å². The summed E-state index contributed by atoms with van der Waals surface area (Å²) >= 11 is 0. The largest absolute Gasteiger partial charge is 0.508 e. The van der Waals surface area contributed by atoms with Gasteiger partial charge in [-0.05, 0) is 38.0 Å². The van der Waals surface area contributed by atoms with Gasteiger partial charge in [-0.15, -0.1) is 0 Å². The van der Waals surface area contributed by atoms with Crippen LogP contribution in [0.1, 0.15) is 12.8 Å². The third-order valence-electron chi connectivity index (χ3n) is 3.72. The molecule has 0 fully saturated rings. The topological polar surface area (TPSA) is 72.5 Å². The third-order valence-corrected chi connectivity index (χ3v) is 9.70. The van der Waals surface area contributed by atoms with Crippen LogP contribution in [0.5, 0.6) is 0 Å². The second kappa shape index (κ2) is 11.1. The lowest BCUT2D eigenvalue weighted by Gasteiger charge is -2.22. The molecule has 0 spiro atoms. The molecular weight excluding hydrogens is 324 g/mol. The van der Waals surface area contributed by atoms with Gasteiger partial charge >= 0.3 is 23.3 Å². The fourth-order valence-electron chi connectivity index (χ4n) is 1.71. The second-order valence-corrected chi connectivity index (χ2v) is 12.4. The maximum absolute atomic E-state index is 11.4. The Morgan fingerprint density at radius 3 is 1.32 bits per heavy atom. The minimum atomic E-state index is -2.09. The highest BCUT2D eigenvalue weighted by molar-refractivity contribution is 6.66. The zero-order chi connectivity index (χ0) is 17.1. The molecule has 7 nitrogen and oxygen atoms in total. The number of carbonyl (C=O) groups is 1. The van der Waals surface area contributed by atoms with E-state index in [0.717, 1.165) is 12.1 Å². The van der Waals surface area contributed by atoms with Crippen LogP contribution in [-0.2, 0) is 27.2 Å². The number of rotatable bonds is 12. The van der Waals surface area contributed by atoms with Crippen molar-refractivity contribution in [2.24, 2.45) is 0 Å². The highest BCUT2D eigenvalue weighted by Gasteiger charge is 2.29. The molecule has 0 unspecified atom stereocenters. The first-order valence-corrected chi connectivity index (χ1v) is 12.4. The van der Waals surface area contributed by atoms with Crippen molar-refractivity contribution < 1.29 is 32.0 Å². The number of ether oxygens (including phenoxy) is 2. The van der Waals surface area contributed by atoms with E-state index in [-0.39, 0.29) is 0 Å². The first-order chi connectivity index (χ1) is 10.3. The molecule has 0 aliphatic rings. The zero-order valence-corrected chi connectivity index (χ0v) is 16.6. The van der Waals surface area contributed by atoms with Crippen molar-refractivity contribution in [1.82, 2.24) is 0 Å². The van der Waals surface area contributed by atoms with Crippen LogP contribution in [0.3, 0.4) is 0 Å². The summed E-state index contributed by atoms with van der Waals surface area (Å²) in [5.74, 6) is 0. The van der Waals surface area contributed by atoms with Gasteiger partial charge in [0.05, 0.1) is 13.2 Å². The van der Waals surface area contributed by atoms with Gasteiger partial charge in [0.25, 0.3) is 0 Å². The summed E-state index contributed by atoms with van der Waals surface area (Å²) in [6, 6.07) is 1.53. The lowest BCUT2D eigenvalue weighted by atomic mass is 10.5. The fourth-order valence-corrected chi connectivity index (χ4v) is 4.44. The SMILES string of the molecule is CO[Si](C)(CCCOC(=O)OCCC[Si](C)(OC)OC)OC. The van der Waals surface area contributed by atoms with Crippen LogP contribution in [0.4, 0.5) is 4.79 Å². The molecule has 0 saturated heterocycles. The van der Waals surface area contributed by atoms with Crippen molar-refractivity contribution in [2.45, 2.75) is 38.0 Å². The maximum atomic E-state index is 11.4. The lowest BCUT2D eigenvalue weighted by Crippen LogP contribution is -2.36. The van der Waals surface area contributed by atoms with E-state index in [4.69, 9.17) is 27.2 Å². The first-order valence-electron chi connectivity index (χ1n) is 7.35. The number of hydrogen-bond donors (Lipinski definition) is 0. The molecule has 0 N–H and O–H groups in total. The molecule has 0 aromatic rings. The molecule has 0 rings (SSSR count). The second-order valence-electron chi connectivity index (χ2n) is 5.24. The van der Waals surface area contributed by atoms with Crippen molar-refractivity contribution in [3.63, 3.8) is 0 Å². The lowest BCUT2D eigenvalue weighted by molar-refractivity contribution is 0.0543. The van der Waals surface area contributed by atoms with E-state index in [9.17, 15) is 4.79 Å². The Bertz CT molecular complexity index is 279. The first kappa shape index (κ1) is 21.5. The van der Waals surface area contributed by atoms with Crippen molar-refractivity contribution >= 4 is 23.3 Å². The summed E-state index contributed by atoms with van der Waals surface area (Å²) in [6.45, 7) is 4.54. The Hall–Kier alpha value is -0.456. The van der Waals surface area contributed by atoms with Crippen LogP contribution in [0, 0.1) is 0 Å². The molecule has 0 radical (unpaired) electrons. The van der Waals surface area contributed by atoms with Crippen molar-refractivity contribution in [3.05, 3.63) is 0 Å². The van der Waals surface area contributed by atoms with Gasteiger partial charge in [0.1, 0.15) is 0 Å². The predicted octanol–water partition coefficient (Wildman–Crippen LogP) is 2.65. The molecule has 9 heteroatoms. The predicted molar refractivity (Wildman–Crippen MR) is 87.4 cm³/mol. The van der Waals surface area contributed by atoms with Crippen LogP contribution in [0.2, 0.25) is 25.2 Å². The van der Waals surface area contributed by atoms with E-state index < -0.39 is 23.3 Å². The van der Waals surface area contributed by atoms with Gasteiger partial charge in [-0.3, -0.25) is 0 Å². The highest BCUT2D eigenvalue weighted by atomic mass is 28.4. The molecule has 0 aromatic heterocycles. The highest BCUT2D eigenvalue weighted by Crippen LogP contribution is 2.14. The van der Waals surface area contributed by atoms with Crippen LogP contribution >= 0.6 is 0 Å². The van der Waals surface area contributed by atoms with Crippen LogP contribution in [0.25, 0.3) is 0 Å². The Balaban J connectivity index is 3.71. The Labute approximate surface area is 135 Å². The van der Waals surface area contributed by atoms with E-state index in [0.29, 0.717) is 26.1 Å². The molecule has 22 heavy (non-hydrogen) atoms. The number of carbonyl (C=O) groups excluding carboxylic acids is 1. The minimum Gasteiger partial charge on any atom is -0.434 e. The van der Waals surface area contributed by atoms with Crippen molar-refractivity contribution in [2.75, 3.05) is 41.7 Å². The molecule has 0 atom stereocenters. The molecule has 132 valence electrons. The molecule has 0 bridgehead atoms. The van der Waals surface area contributed by atoms with Gasteiger partial charge in [-0.1, -0.05) is 0 Å². The quantitative estimate of drug-likeness (QED) is 0.303. The van der Waals surface area contributed by atoms with E-state index in [1.165, 1.54) is 0 Å². The van der Waals surface area contributed by atoms with Gasteiger partial charge < -0.3 is 27.2 Å². The summed E-state index contributed by atoms with van der Waals surface area (Å²) in [5.41, 5.74) is 0. The summed E-state index contributed by atoms with van der Waals surface area (Å²) < 4.78 is 31.4. The summed E-state index contributed by atoms with van der Waals surface area (Å²) in [6.07, 6.45) is 0.742. The minimum absolute atomic E-state index is 0.302. The fraction of sp³-hybridized carbons (Fsp3) is 0.923. The zero-order valence-electron chi connectivity index (χ0n) is 14.6. The van der Waals surface area contributed by atoms with Gasteiger partial charge in [0.15, 0.2) is 0 Å². The molecule has 0 saturated carbocycles. The smallest absolute Gasteiger partial charge is 0.434 e. The average Bonchev–Trinajstić information content (AvgIpc) is 2.55. The van der Waals surface area contributed by atoms with Crippen LogP contribution < -0.4 is 0 Å². The number of hydrogen-bond acceptors (Lipinski definition) is 7. The molecule has 0 heterocycles. The summed E-state index contributed by atoms with van der Waals surface area (Å²) in [4.78, 5) is 11.4. The maximum Gasteiger partial charge on any atom is 0.508 e. The molecule has 0 aliphatic carbocycles. The van der Waals surface area contributed by atoms with Crippen molar-refractivity contribution in [3.8, 4) is 0 Å². The monoisotopic (exact) mass is 354 g/mol. The Morgan fingerprint density at radius 2 is 1.05 bits per heavy atom. The molecule has 0 aromatic carbocycles. The van der Waals surface area contributed by atoms with E-state index >= 15 is 0 Å². The average molecular weight is 355 g/mol. The van der Waals surface area contributed by atoms with Crippen LogP contribution in [-0.4, -0.2) is 64.9 Å². The van der Waals surface area contributed by atoms with E-state index in [1.54, 1.807) is 28.4 Å². The van der Waals surface area contributed by atoms with E-state index in [1.807, 2.05) is 13.1 Å². The summed E-state index contributed by atoms with van der Waals surface area (Å²) in [7, 11) is 2.39. The van der Waals surface area contributed by atoms with E-state index in [2.05, 4.69) is 0 Å². The van der Waals surface area contributed by atoms with Gasteiger partial charge in [-0.2, -0.15) is 0 Å². The van der Waals surface area contributed by atoms with Gasteiger partial charge in [0.2, 0.25) is 0 Å². The van der Waals surface area contributed by atoms with Gasteiger partial charge in [0, 0.05) is 28.4 Å². The van der Waals surface area contributed by atoms with Gasteiger partial charge in [-0.25, -0.2) is 4.79 Å². The normalized spacial score (nSPS) is 12.3. The Kier molecular flexibility index (Phi) is 10.9. The Morgan fingerprint density at radius 1 is 0.727 bits per heavy atom. The van der Waals surface area contributed by atoms with Crippen molar-refractivity contribution in [1.29, 1.82) is 0 Å². The molecule has 0 amide bonds. The standard InChI is InChI=1S/C13H30O7Si2/c1-15-21(5,16-2)11-7-9-19-13(14)20-10-8-12-22(6,17-3)18-4/h7-12H2,1-6H3. The molecular formula is C13H30O7Si2. The summed E-state index contributed by atoms with van der Waals surface area (Å²) in [5, 5.41) is 0.